The zero-order valence-electron chi connectivity index (χ0n) is 11.1. The third-order valence-electron chi connectivity index (χ3n) is 2.58. The SMILES string of the molecule is CN(C)c1cccc(C(=O)N/N=C\c2ccc(Br)o2)c1. The molecule has 0 aliphatic carbocycles. The molecule has 0 saturated heterocycles. The molecule has 0 unspecified atom stereocenters. The molecule has 1 N–H and O–H groups in total. The minimum Gasteiger partial charge on any atom is -0.448 e. The number of carbonyl (C=O) groups is 1. The summed E-state index contributed by atoms with van der Waals surface area (Å²) in [6.07, 6.45) is 1.44. The number of hydrogen-bond donors (Lipinski definition) is 1. The van der Waals surface area contributed by atoms with Crippen LogP contribution in [0, 0.1) is 0 Å². The Morgan fingerprint density at radius 2 is 2.15 bits per heavy atom. The first-order valence-electron chi connectivity index (χ1n) is 5.92. The lowest BCUT2D eigenvalue weighted by Crippen LogP contribution is -2.18. The van der Waals surface area contributed by atoms with Crippen molar-refractivity contribution in [1.82, 2.24) is 5.43 Å². The summed E-state index contributed by atoms with van der Waals surface area (Å²) in [5.74, 6) is 0.287. The van der Waals surface area contributed by atoms with Gasteiger partial charge in [-0.25, -0.2) is 5.43 Å². The van der Waals surface area contributed by atoms with Crippen LogP contribution in [0.4, 0.5) is 5.69 Å². The first kappa shape index (κ1) is 14.3. The van der Waals surface area contributed by atoms with Crippen LogP contribution in [0.1, 0.15) is 16.1 Å². The number of hydrazone groups is 1. The first-order chi connectivity index (χ1) is 9.56. The average molecular weight is 336 g/mol. The Labute approximate surface area is 125 Å². The summed E-state index contributed by atoms with van der Waals surface area (Å²) in [4.78, 5) is 13.9. The Bertz CT molecular complexity index is 635. The zero-order valence-corrected chi connectivity index (χ0v) is 12.7. The predicted molar refractivity (Wildman–Crippen MR) is 82.2 cm³/mol. The van der Waals surface area contributed by atoms with E-state index in [1.165, 1.54) is 6.21 Å². The van der Waals surface area contributed by atoms with Gasteiger partial charge in [0.15, 0.2) is 4.67 Å². The first-order valence-corrected chi connectivity index (χ1v) is 6.71. The highest BCUT2D eigenvalue weighted by atomic mass is 79.9. The second kappa shape index (κ2) is 6.38. The molecule has 1 amide bonds. The van der Waals surface area contributed by atoms with Crippen molar-refractivity contribution in [2.45, 2.75) is 0 Å². The standard InChI is InChI=1S/C14H14BrN3O2/c1-18(2)11-5-3-4-10(8-11)14(19)17-16-9-12-6-7-13(15)20-12/h3-9H,1-2H3,(H,17,19)/b16-9-. The molecule has 6 heteroatoms. The Balaban J connectivity index is 2.01. The highest BCUT2D eigenvalue weighted by Gasteiger charge is 2.05. The summed E-state index contributed by atoms with van der Waals surface area (Å²) < 4.78 is 5.85. The highest BCUT2D eigenvalue weighted by Crippen LogP contribution is 2.13. The normalized spacial score (nSPS) is 10.8. The van der Waals surface area contributed by atoms with Crippen molar-refractivity contribution in [3.8, 4) is 0 Å². The van der Waals surface area contributed by atoms with Crippen LogP contribution in [-0.4, -0.2) is 26.2 Å². The molecule has 5 nitrogen and oxygen atoms in total. The van der Waals surface area contributed by atoms with Crippen LogP contribution in [0.2, 0.25) is 0 Å². The number of nitrogens with one attached hydrogen (secondary N) is 1. The van der Waals surface area contributed by atoms with Crippen molar-refractivity contribution in [2.24, 2.45) is 5.10 Å². The van der Waals surface area contributed by atoms with E-state index in [1.807, 2.05) is 31.1 Å². The highest BCUT2D eigenvalue weighted by molar-refractivity contribution is 9.10. The van der Waals surface area contributed by atoms with Crippen molar-refractivity contribution in [3.05, 3.63) is 52.4 Å². The zero-order chi connectivity index (χ0) is 14.5. The minimum absolute atomic E-state index is 0.268. The van der Waals surface area contributed by atoms with Gasteiger partial charge in [0.1, 0.15) is 5.76 Å². The third-order valence-corrected chi connectivity index (χ3v) is 3.00. The van der Waals surface area contributed by atoms with Gasteiger partial charge in [0.05, 0.1) is 6.21 Å². The molecule has 0 radical (unpaired) electrons. The largest absolute Gasteiger partial charge is 0.448 e. The Morgan fingerprint density at radius 3 is 2.80 bits per heavy atom. The summed E-state index contributed by atoms with van der Waals surface area (Å²) in [6.45, 7) is 0. The lowest BCUT2D eigenvalue weighted by atomic mass is 10.2. The maximum absolute atomic E-state index is 11.9. The molecule has 1 heterocycles. The number of nitrogens with zero attached hydrogens (tertiary/aromatic N) is 2. The number of furan rings is 1. The van der Waals surface area contributed by atoms with E-state index >= 15 is 0 Å². The fraction of sp³-hybridized carbons (Fsp3) is 0.143. The molecule has 0 spiro atoms. The summed E-state index contributed by atoms with van der Waals surface area (Å²) in [5, 5.41) is 3.85. The van der Waals surface area contributed by atoms with Gasteiger partial charge in [-0.05, 0) is 46.3 Å². The average Bonchev–Trinajstić information content (AvgIpc) is 2.84. The number of rotatable bonds is 4. The monoisotopic (exact) mass is 335 g/mol. The summed E-state index contributed by atoms with van der Waals surface area (Å²) >= 11 is 3.19. The number of carbonyl (C=O) groups excluding carboxylic acids is 1. The van der Waals surface area contributed by atoms with Crippen LogP contribution in [0.25, 0.3) is 0 Å². The molecule has 0 fully saturated rings. The van der Waals surface area contributed by atoms with Crippen molar-refractivity contribution in [1.29, 1.82) is 0 Å². The molecule has 2 aromatic rings. The third kappa shape index (κ3) is 3.71. The Kier molecular flexibility index (Phi) is 4.57. The number of halogens is 1. The van der Waals surface area contributed by atoms with E-state index in [4.69, 9.17) is 4.42 Å². The second-order valence-corrected chi connectivity index (χ2v) is 5.07. The Morgan fingerprint density at radius 1 is 1.35 bits per heavy atom. The molecule has 0 bridgehead atoms. The number of anilines is 1. The smallest absolute Gasteiger partial charge is 0.271 e. The van der Waals surface area contributed by atoms with Crippen LogP contribution >= 0.6 is 15.9 Å². The van der Waals surface area contributed by atoms with Gasteiger partial charge < -0.3 is 9.32 Å². The van der Waals surface area contributed by atoms with Crippen LogP contribution in [-0.2, 0) is 0 Å². The van der Waals surface area contributed by atoms with Crippen LogP contribution in [0.5, 0.6) is 0 Å². The van der Waals surface area contributed by atoms with Gasteiger partial charge in [-0.1, -0.05) is 6.07 Å². The van der Waals surface area contributed by atoms with Gasteiger partial charge in [-0.15, -0.1) is 0 Å². The molecule has 1 aromatic heterocycles. The van der Waals surface area contributed by atoms with E-state index in [1.54, 1.807) is 24.3 Å². The van der Waals surface area contributed by atoms with Gasteiger partial charge in [-0.2, -0.15) is 5.10 Å². The molecule has 104 valence electrons. The molecular weight excluding hydrogens is 322 g/mol. The number of amides is 1. The fourth-order valence-corrected chi connectivity index (χ4v) is 1.86. The number of benzene rings is 1. The van der Waals surface area contributed by atoms with Crippen molar-refractivity contribution in [2.75, 3.05) is 19.0 Å². The maximum Gasteiger partial charge on any atom is 0.271 e. The van der Waals surface area contributed by atoms with Crippen LogP contribution in [0.15, 0.2) is 50.6 Å². The molecule has 0 aliphatic rings. The maximum atomic E-state index is 11.9. The topological polar surface area (TPSA) is 57.8 Å². The quantitative estimate of drug-likeness (QED) is 0.690. The predicted octanol–water partition coefficient (Wildman–Crippen LogP) is 2.87. The molecule has 0 aliphatic heterocycles. The van der Waals surface area contributed by atoms with Crippen LogP contribution < -0.4 is 10.3 Å². The molecule has 0 atom stereocenters. The molecule has 0 saturated carbocycles. The van der Waals surface area contributed by atoms with E-state index in [9.17, 15) is 4.79 Å². The fourth-order valence-electron chi connectivity index (χ4n) is 1.54. The molecule has 2 rings (SSSR count). The van der Waals surface area contributed by atoms with Crippen molar-refractivity contribution >= 4 is 33.7 Å². The lowest BCUT2D eigenvalue weighted by molar-refractivity contribution is 0.0955. The van der Waals surface area contributed by atoms with Crippen molar-refractivity contribution in [3.63, 3.8) is 0 Å². The number of hydrogen-bond acceptors (Lipinski definition) is 4. The van der Waals surface area contributed by atoms with Crippen LogP contribution in [0.3, 0.4) is 0 Å². The molecule has 1 aromatic carbocycles. The van der Waals surface area contributed by atoms with Gasteiger partial charge in [0.25, 0.3) is 5.91 Å². The van der Waals surface area contributed by atoms with Gasteiger partial charge in [0.2, 0.25) is 0 Å². The lowest BCUT2D eigenvalue weighted by Gasteiger charge is -2.12. The van der Waals surface area contributed by atoms with E-state index in [0.29, 0.717) is 16.0 Å². The summed E-state index contributed by atoms with van der Waals surface area (Å²) in [5.41, 5.74) is 3.96. The van der Waals surface area contributed by atoms with Gasteiger partial charge in [-0.3, -0.25) is 4.79 Å². The molecule has 20 heavy (non-hydrogen) atoms. The summed E-state index contributed by atoms with van der Waals surface area (Å²) in [6, 6.07) is 10.8. The van der Waals surface area contributed by atoms with E-state index in [-0.39, 0.29) is 5.91 Å². The van der Waals surface area contributed by atoms with Gasteiger partial charge in [0, 0.05) is 25.3 Å². The van der Waals surface area contributed by atoms with Crippen molar-refractivity contribution < 1.29 is 9.21 Å². The van der Waals surface area contributed by atoms with Gasteiger partial charge >= 0.3 is 0 Å². The minimum atomic E-state index is -0.268. The van der Waals surface area contributed by atoms with E-state index in [0.717, 1.165) is 5.69 Å². The second-order valence-electron chi connectivity index (χ2n) is 4.29. The van der Waals surface area contributed by atoms with E-state index in [2.05, 4.69) is 26.5 Å². The molecular formula is C14H14BrN3O2. The van der Waals surface area contributed by atoms with E-state index < -0.39 is 0 Å². The summed E-state index contributed by atoms with van der Waals surface area (Å²) in [7, 11) is 3.84. The Hall–Kier alpha value is -2.08.